The Morgan fingerprint density at radius 3 is 2.61 bits per heavy atom. The minimum absolute atomic E-state index is 0.0835. The molecule has 23 heavy (non-hydrogen) atoms. The number of rotatable bonds is 4. The van der Waals surface area contributed by atoms with Gasteiger partial charge in [0.25, 0.3) is 10.0 Å². The van der Waals surface area contributed by atoms with Gasteiger partial charge in [-0.25, -0.2) is 18.1 Å². The summed E-state index contributed by atoms with van der Waals surface area (Å²) < 4.78 is 29.1. The molecule has 0 spiro atoms. The van der Waals surface area contributed by atoms with Crippen LogP contribution in [0.5, 0.6) is 0 Å². The van der Waals surface area contributed by atoms with Crippen LogP contribution in [0.1, 0.15) is 0 Å². The minimum atomic E-state index is -3.91. The van der Waals surface area contributed by atoms with Gasteiger partial charge >= 0.3 is 0 Å². The molecule has 0 aliphatic carbocycles. The van der Waals surface area contributed by atoms with Crippen molar-refractivity contribution >= 4 is 38.9 Å². The van der Waals surface area contributed by atoms with Crippen LogP contribution < -0.4 is 4.72 Å². The van der Waals surface area contributed by atoms with Gasteiger partial charge in [0.1, 0.15) is 17.6 Å². The van der Waals surface area contributed by atoms with E-state index in [0.717, 1.165) is 0 Å². The third kappa shape index (κ3) is 3.31. The van der Waals surface area contributed by atoms with E-state index in [1.807, 2.05) is 0 Å². The maximum absolute atomic E-state index is 12.6. The lowest BCUT2D eigenvalue weighted by molar-refractivity contribution is 0.601. The molecule has 3 aromatic rings. The van der Waals surface area contributed by atoms with Crippen LogP contribution in [0.4, 0.5) is 5.69 Å². The van der Waals surface area contributed by atoms with E-state index in [1.54, 1.807) is 24.3 Å². The third-order valence-corrected chi connectivity index (χ3v) is 5.08. The first-order chi connectivity index (χ1) is 11.0. The summed E-state index contributed by atoms with van der Waals surface area (Å²) in [6.45, 7) is 0. The molecule has 2 aromatic carbocycles. The van der Waals surface area contributed by atoms with Crippen LogP contribution in [0, 0.1) is 0 Å². The van der Waals surface area contributed by atoms with Gasteiger partial charge in [-0.15, -0.1) is 0 Å². The molecule has 1 aromatic heterocycles. The number of hydrogen-bond donors (Lipinski definition) is 1. The summed E-state index contributed by atoms with van der Waals surface area (Å²) in [5, 5.41) is 4.37. The maximum Gasteiger partial charge on any atom is 0.263 e. The molecule has 0 radical (unpaired) electrons. The van der Waals surface area contributed by atoms with Crippen molar-refractivity contribution < 1.29 is 8.42 Å². The fourth-order valence-corrected chi connectivity index (χ4v) is 3.81. The molecule has 0 saturated carbocycles. The zero-order chi connectivity index (χ0) is 16.4. The Hall–Kier alpha value is -2.09. The molecular weight excluding hydrogens is 359 g/mol. The van der Waals surface area contributed by atoms with Crippen LogP contribution in [-0.4, -0.2) is 23.2 Å². The highest BCUT2D eigenvalue weighted by atomic mass is 35.5. The number of aromatic nitrogens is 3. The average molecular weight is 369 g/mol. The fraction of sp³-hybridized carbons (Fsp3) is 0. The molecule has 0 aliphatic heterocycles. The van der Waals surface area contributed by atoms with Gasteiger partial charge in [0.15, 0.2) is 0 Å². The summed E-state index contributed by atoms with van der Waals surface area (Å²) in [4.78, 5) is 3.76. The third-order valence-electron chi connectivity index (χ3n) is 3.00. The van der Waals surface area contributed by atoms with Crippen LogP contribution in [-0.2, 0) is 10.0 Å². The molecule has 3 rings (SSSR count). The number of nitrogens with one attached hydrogen (secondary N) is 1. The number of sulfonamides is 1. The summed E-state index contributed by atoms with van der Waals surface area (Å²) in [7, 11) is -3.91. The summed E-state index contributed by atoms with van der Waals surface area (Å²) >= 11 is 11.8. The summed E-state index contributed by atoms with van der Waals surface area (Å²) in [5.41, 5.74) is 0.876. The van der Waals surface area contributed by atoms with Crippen LogP contribution in [0.3, 0.4) is 0 Å². The molecule has 9 heteroatoms. The molecule has 118 valence electrons. The van der Waals surface area contributed by atoms with Gasteiger partial charge < -0.3 is 0 Å². The van der Waals surface area contributed by atoms with Gasteiger partial charge in [0.2, 0.25) is 0 Å². The zero-order valence-corrected chi connectivity index (χ0v) is 13.8. The second-order valence-corrected chi connectivity index (χ2v) is 7.03. The van der Waals surface area contributed by atoms with E-state index in [-0.39, 0.29) is 14.9 Å². The van der Waals surface area contributed by atoms with Crippen molar-refractivity contribution in [2.24, 2.45) is 0 Å². The molecule has 0 aliphatic rings. The topological polar surface area (TPSA) is 76.9 Å². The first-order valence-electron chi connectivity index (χ1n) is 6.39. The predicted octanol–water partition coefficient (Wildman–Crippen LogP) is 3.37. The Morgan fingerprint density at radius 1 is 1.09 bits per heavy atom. The van der Waals surface area contributed by atoms with Crippen LogP contribution in [0.15, 0.2) is 60.0 Å². The van der Waals surface area contributed by atoms with Crippen molar-refractivity contribution in [3.63, 3.8) is 0 Å². The molecule has 0 unspecified atom stereocenters. The highest BCUT2D eigenvalue weighted by molar-refractivity contribution is 7.92. The Morgan fingerprint density at radius 2 is 1.87 bits per heavy atom. The number of hydrogen-bond acceptors (Lipinski definition) is 4. The lowest BCUT2D eigenvalue weighted by atomic mass is 10.3. The molecule has 0 amide bonds. The normalized spacial score (nSPS) is 11.4. The lowest BCUT2D eigenvalue weighted by Crippen LogP contribution is -2.15. The predicted molar refractivity (Wildman–Crippen MR) is 88.6 cm³/mol. The molecule has 0 saturated heterocycles. The average Bonchev–Trinajstić information content (AvgIpc) is 3.04. The molecule has 0 bridgehead atoms. The first-order valence-corrected chi connectivity index (χ1v) is 8.63. The standard InChI is InChI=1S/C14H10Cl2N4O2S/c15-10-5-6-11(16)14(7-10)23(21,22)19-12-3-1-2-4-13(12)20-9-17-8-18-20/h1-9,19H. The van der Waals surface area contributed by atoms with Crippen molar-refractivity contribution in [3.05, 3.63) is 65.2 Å². The quantitative estimate of drug-likeness (QED) is 0.765. The van der Waals surface area contributed by atoms with Crippen molar-refractivity contribution in [1.29, 1.82) is 0 Å². The summed E-state index contributed by atoms with van der Waals surface area (Å²) in [6.07, 6.45) is 2.83. The molecule has 0 atom stereocenters. The summed E-state index contributed by atoms with van der Waals surface area (Å²) in [6, 6.07) is 11.1. The van der Waals surface area contributed by atoms with Gasteiger partial charge in [-0.3, -0.25) is 4.72 Å². The molecule has 6 nitrogen and oxygen atoms in total. The van der Waals surface area contributed by atoms with E-state index in [4.69, 9.17) is 23.2 Å². The van der Waals surface area contributed by atoms with Gasteiger partial charge in [-0.05, 0) is 30.3 Å². The molecular formula is C14H10Cl2N4O2S. The van der Waals surface area contributed by atoms with Gasteiger partial charge in [-0.2, -0.15) is 5.10 Å². The fourth-order valence-electron chi connectivity index (χ4n) is 1.98. The zero-order valence-electron chi connectivity index (χ0n) is 11.5. The van der Waals surface area contributed by atoms with E-state index in [9.17, 15) is 8.42 Å². The summed E-state index contributed by atoms with van der Waals surface area (Å²) in [5.74, 6) is 0. The van der Waals surface area contributed by atoms with E-state index in [0.29, 0.717) is 11.4 Å². The van der Waals surface area contributed by atoms with E-state index >= 15 is 0 Å². The van der Waals surface area contributed by atoms with Crippen LogP contribution in [0.2, 0.25) is 10.0 Å². The Kier molecular flexibility index (Phi) is 4.25. The van der Waals surface area contributed by atoms with Crippen molar-refractivity contribution in [2.45, 2.75) is 4.90 Å². The number of para-hydroxylation sites is 2. The highest BCUT2D eigenvalue weighted by Crippen LogP contribution is 2.28. The molecule has 1 N–H and O–H groups in total. The lowest BCUT2D eigenvalue weighted by Gasteiger charge is -2.13. The maximum atomic E-state index is 12.6. The number of anilines is 1. The van der Waals surface area contributed by atoms with Gasteiger partial charge in [0, 0.05) is 5.02 Å². The van der Waals surface area contributed by atoms with Crippen LogP contribution in [0.25, 0.3) is 5.69 Å². The van der Waals surface area contributed by atoms with Gasteiger partial charge in [-0.1, -0.05) is 35.3 Å². The van der Waals surface area contributed by atoms with E-state index in [2.05, 4.69) is 14.8 Å². The van der Waals surface area contributed by atoms with Crippen molar-refractivity contribution in [2.75, 3.05) is 4.72 Å². The van der Waals surface area contributed by atoms with Gasteiger partial charge in [0.05, 0.1) is 16.4 Å². The minimum Gasteiger partial charge on any atom is -0.277 e. The largest absolute Gasteiger partial charge is 0.277 e. The SMILES string of the molecule is O=S(=O)(Nc1ccccc1-n1cncn1)c1cc(Cl)ccc1Cl. The second kappa shape index (κ2) is 6.19. The molecule has 0 fully saturated rings. The van der Waals surface area contributed by atoms with E-state index in [1.165, 1.54) is 35.5 Å². The second-order valence-electron chi connectivity index (χ2n) is 4.54. The van der Waals surface area contributed by atoms with Crippen molar-refractivity contribution in [3.8, 4) is 5.69 Å². The Balaban J connectivity index is 2.04. The van der Waals surface area contributed by atoms with E-state index < -0.39 is 10.0 Å². The first kappa shape index (κ1) is 15.8. The number of benzene rings is 2. The van der Waals surface area contributed by atoms with Crippen LogP contribution >= 0.6 is 23.2 Å². The monoisotopic (exact) mass is 368 g/mol. The number of halogens is 2. The highest BCUT2D eigenvalue weighted by Gasteiger charge is 2.20. The van der Waals surface area contributed by atoms with Crippen molar-refractivity contribution in [1.82, 2.24) is 14.8 Å². The Bertz CT molecular complexity index is 943. The smallest absolute Gasteiger partial charge is 0.263 e. The molecule has 1 heterocycles. The number of nitrogens with zero attached hydrogens (tertiary/aromatic N) is 3. The Labute approximate surface area is 142 Å².